The van der Waals surface area contributed by atoms with Gasteiger partial charge in [-0.05, 0) is 29.2 Å². The van der Waals surface area contributed by atoms with E-state index in [1.807, 2.05) is 12.1 Å². The van der Waals surface area contributed by atoms with Crippen molar-refractivity contribution in [1.82, 2.24) is 9.97 Å². The van der Waals surface area contributed by atoms with Crippen LogP contribution in [0.4, 0.5) is 0 Å². The Morgan fingerprint density at radius 3 is 2.89 bits per heavy atom. The van der Waals surface area contributed by atoms with Crippen molar-refractivity contribution < 1.29 is 0 Å². The van der Waals surface area contributed by atoms with E-state index in [9.17, 15) is 0 Å². The van der Waals surface area contributed by atoms with Crippen LogP contribution in [0.2, 0.25) is 0 Å². The first-order valence-corrected chi connectivity index (χ1v) is 6.62. The van der Waals surface area contributed by atoms with Crippen LogP contribution in [-0.4, -0.2) is 9.97 Å². The first-order valence-electron chi connectivity index (χ1n) is 6.62. The fourth-order valence-electron chi connectivity index (χ4n) is 2.94. The molecule has 0 fully saturated rings. The molecule has 94 valence electrons. The second-order valence-corrected chi connectivity index (χ2v) is 5.09. The lowest BCUT2D eigenvalue weighted by Crippen LogP contribution is -2.19. The third kappa shape index (κ3) is 1.52. The molecule has 1 aromatic heterocycles. The molecule has 4 rings (SSSR count). The number of aromatic nitrogens is 2. The quantitative estimate of drug-likeness (QED) is 0.733. The molecular formula is C16H15N3. The van der Waals surface area contributed by atoms with Crippen molar-refractivity contribution in [3.63, 3.8) is 0 Å². The number of hydrogen-bond donors (Lipinski definition) is 2. The first-order chi connectivity index (χ1) is 9.36. The summed E-state index contributed by atoms with van der Waals surface area (Å²) in [5, 5.41) is 0. The standard InChI is InChI=1S/C16H15N3/c17-9-11-5-3-7-14-15(11)19-16(18-14)13-8-10-4-1-2-6-12(10)13/h1-7,13H,8-9,17H2,(H,18,19). The van der Waals surface area contributed by atoms with E-state index >= 15 is 0 Å². The van der Waals surface area contributed by atoms with Gasteiger partial charge in [0.25, 0.3) is 0 Å². The maximum Gasteiger partial charge on any atom is 0.115 e. The van der Waals surface area contributed by atoms with Crippen LogP contribution in [0, 0.1) is 0 Å². The average molecular weight is 249 g/mol. The lowest BCUT2D eigenvalue weighted by atomic mass is 9.77. The zero-order valence-electron chi connectivity index (χ0n) is 10.6. The normalized spacial score (nSPS) is 17.2. The van der Waals surface area contributed by atoms with E-state index in [0.29, 0.717) is 12.5 Å². The summed E-state index contributed by atoms with van der Waals surface area (Å²) in [7, 11) is 0. The highest BCUT2D eigenvalue weighted by molar-refractivity contribution is 5.79. The second kappa shape index (κ2) is 3.93. The first kappa shape index (κ1) is 10.8. The number of benzene rings is 2. The fourth-order valence-corrected chi connectivity index (χ4v) is 2.94. The summed E-state index contributed by atoms with van der Waals surface area (Å²) >= 11 is 0. The van der Waals surface area contributed by atoms with Crippen molar-refractivity contribution in [1.29, 1.82) is 0 Å². The Morgan fingerprint density at radius 2 is 2.05 bits per heavy atom. The maximum absolute atomic E-state index is 5.77. The molecular weight excluding hydrogens is 234 g/mol. The minimum absolute atomic E-state index is 0.411. The van der Waals surface area contributed by atoms with Gasteiger partial charge in [-0.25, -0.2) is 4.98 Å². The molecule has 1 heterocycles. The molecule has 0 radical (unpaired) electrons. The molecule has 1 unspecified atom stereocenters. The lowest BCUT2D eigenvalue weighted by Gasteiger charge is -2.28. The molecule has 19 heavy (non-hydrogen) atoms. The van der Waals surface area contributed by atoms with Gasteiger partial charge >= 0.3 is 0 Å². The van der Waals surface area contributed by atoms with E-state index in [-0.39, 0.29) is 0 Å². The van der Waals surface area contributed by atoms with Gasteiger partial charge in [0.15, 0.2) is 0 Å². The van der Waals surface area contributed by atoms with Crippen molar-refractivity contribution in [2.24, 2.45) is 5.73 Å². The summed E-state index contributed by atoms with van der Waals surface area (Å²) in [6.45, 7) is 0.531. The summed E-state index contributed by atoms with van der Waals surface area (Å²) in [6, 6.07) is 14.7. The topological polar surface area (TPSA) is 54.7 Å². The highest BCUT2D eigenvalue weighted by Gasteiger charge is 2.29. The second-order valence-electron chi connectivity index (χ2n) is 5.09. The van der Waals surface area contributed by atoms with Gasteiger partial charge in [0.1, 0.15) is 5.82 Å². The van der Waals surface area contributed by atoms with E-state index in [4.69, 9.17) is 10.7 Å². The molecule has 0 bridgehead atoms. The van der Waals surface area contributed by atoms with Gasteiger partial charge in [0, 0.05) is 12.5 Å². The zero-order chi connectivity index (χ0) is 12.8. The Balaban J connectivity index is 1.82. The molecule has 3 aromatic rings. The Hall–Kier alpha value is -2.13. The van der Waals surface area contributed by atoms with Gasteiger partial charge in [0.2, 0.25) is 0 Å². The number of H-pyrrole nitrogens is 1. The lowest BCUT2D eigenvalue weighted by molar-refractivity contribution is 0.671. The largest absolute Gasteiger partial charge is 0.341 e. The number of nitrogens with one attached hydrogen (secondary N) is 1. The fraction of sp³-hybridized carbons (Fsp3) is 0.188. The van der Waals surface area contributed by atoms with Gasteiger partial charge in [-0.15, -0.1) is 0 Å². The van der Waals surface area contributed by atoms with Crippen molar-refractivity contribution in [3.05, 3.63) is 65.0 Å². The number of fused-ring (bicyclic) bond motifs is 2. The number of nitrogens with zero attached hydrogens (tertiary/aromatic N) is 1. The highest BCUT2D eigenvalue weighted by Crippen LogP contribution is 2.39. The molecule has 3 heteroatoms. The van der Waals surface area contributed by atoms with Gasteiger partial charge < -0.3 is 10.7 Å². The van der Waals surface area contributed by atoms with Gasteiger partial charge in [-0.3, -0.25) is 0 Å². The van der Waals surface area contributed by atoms with Crippen LogP contribution in [0.15, 0.2) is 42.5 Å². The molecule has 0 saturated carbocycles. The summed E-state index contributed by atoms with van der Waals surface area (Å²) in [5.74, 6) is 1.48. The van der Waals surface area contributed by atoms with Crippen LogP contribution in [0.1, 0.15) is 28.4 Å². The Morgan fingerprint density at radius 1 is 1.16 bits per heavy atom. The van der Waals surface area contributed by atoms with Crippen LogP contribution in [0.25, 0.3) is 11.0 Å². The predicted octanol–water partition coefficient (Wildman–Crippen LogP) is 2.71. The highest BCUT2D eigenvalue weighted by atomic mass is 14.9. The van der Waals surface area contributed by atoms with Crippen molar-refractivity contribution in [2.45, 2.75) is 18.9 Å². The number of para-hydroxylation sites is 1. The van der Waals surface area contributed by atoms with Crippen LogP contribution >= 0.6 is 0 Å². The van der Waals surface area contributed by atoms with Crippen molar-refractivity contribution >= 4 is 11.0 Å². The van der Waals surface area contributed by atoms with Crippen LogP contribution in [0.5, 0.6) is 0 Å². The average Bonchev–Trinajstić information content (AvgIpc) is 2.83. The third-order valence-corrected chi connectivity index (χ3v) is 4.02. The zero-order valence-corrected chi connectivity index (χ0v) is 10.6. The molecule has 0 aliphatic heterocycles. The van der Waals surface area contributed by atoms with Gasteiger partial charge in [-0.2, -0.15) is 0 Å². The maximum atomic E-state index is 5.77. The molecule has 2 aromatic carbocycles. The number of imidazole rings is 1. The van der Waals surface area contributed by atoms with Crippen LogP contribution in [0.3, 0.4) is 0 Å². The van der Waals surface area contributed by atoms with Crippen LogP contribution in [-0.2, 0) is 13.0 Å². The summed E-state index contributed by atoms with van der Waals surface area (Å²) in [5.41, 5.74) is 11.8. The Bertz CT molecular complexity index is 758. The van der Waals surface area contributed by atoms with E-state index in [0.717, 1.165) is 28.8 Å². The molecule has 0 amide bonds. The van der Waals surface area contributed by atoms with E-state index < -0.39 is 0 Å². The van der Waals surface area contributed by atoms with Crippen molar-refractivity contribution in [3.8, 4) is 0 Å². The molecule has 3 N–H and O–H groups in total. The number of hydrogen-bond acceptors (Lipinski definition) is 2. The Kier molecular flexibility index (Phi) is 2.23. The smallest absolute Gasteiger partial charge is 0.115 e. The van der Waals surface area contributed by atoms with Crippen LogP contribution < -0.4 is 5.73 Å². The number of nitrogens with two attached hydrogens (primary N) is 1. The molecule has 0 spiro atoms. The summed E-state index contributed by atoms with van der Waals surface area (Å²) in [6.07, 6.45) is 1.08. The minimum Gasteiger partial charge on any atom is -0.341 e. The predicted molar refractivity (Wildman–Crippen MR) is 76.0 cm³/mol. The summed E-state index contributed by atoms with van der Waals surface area (Å²) in [4.78, 5) is 8.22. The van der Waals surface area contributed by atoms with E-state index in [2.05, 4.69) is 35.3 Å². The summed E-state index contributed by atoms with van der Waals surface area (Å²) < 4.78 is 0. The van der Waals surface area contributed by atoms with Gasteiger partial charge in [-0.1, -0.05) is 36.4 Å². The van der Waals surface area contributed by atoms with E-state index in [1.165, 1.54) is 11.1 Å². The Labute approximate surface area is 111 Å². The molecule has 1 aliphatic rings. The molecule has 3 nitrogen and oxygen atoms in total. The van der Waals surface area contributed by atoms with Gasteiger partial charge in [0.05, 0.1) is 11.0 Å². The number of rotatable bonds is 2. The molecule has 1 aliphatic carbocycles. The molecule has 0 saturated heterocycles. The minimum atomic E-state index is 0.411. The third-order valence-electron chi connectivity index (χ3n) is 4.02. The monoisotopic (exact) mass is 249 g/mol. The van der Waals surface area contributed by atoms with Crippen molar-refractivity contribution in [2.75, 3.05) is 0 Å². The van der Waals surface area contributed by atoms with E-state index in [1.54, 1.807) is 0 Å². The SMILES string of the molecule is NCc1cccc2[nH]c(C3Cc4ccccc43)nc12. The molecule has 1 atom stereocenters. The number of aromatic amines is 1.